The van der Waals surface area contributed by atoms with E-state index in [0.29, 0.717) is 5.75 Å². The molecule has 0 bridgehead atoms. The first-order chi connectivity index (χ1) is 6.61. The Balaban J connectivity index is 2.58. The fraction of sp³-hybridized carbons (Fsp3) is 0.100. The van der Waals surface area contributed by atoms with E-state index in [1.54, 1.807) is 6.07 Å². The molecular weight excluding hydrogens is 248 g/mol. The summed E-state index contributed by atoms with van der Waals surface area (Å²) in [5.74, 6) is -0.438. The van der Waals surface area contributed by atoms with Gasteiger partial charge in [0.05, 0.1) is 10.0 Å². The van der Waals surface area contributed by atoms with E-state index in [1.165, 1.54) is 0 Å². The zero-order valence-corrected chi connectivity index (χ0v) is 8.95. The predicted octanol–water partition coefficient (Wildman–Crippen LogP) is 2.47. The van der Waals surface area contributed by atoms with Crippen molar-refractivity contribution in [2.45, 2.75) is 0 Å². The van der Waals surface area contributed by atoms with Crippen LogP contribution >= 0.6 is 15.9 Å². The summed E-state index contributed by atoms with van der Waals surface area (Å²) in [5.41, 5.74) is 0.0285. The summed E-state index contributed by atoms with van der Waals surface area (Å²) in [6, 6.07) is 7.23. The summed E-state index contributed by atoms with van der Waals surface area (Å²) in [4.78, 5) is 10.4. The third-order valence-electron chi connectivity index (χ3n) is 1.54. The summed E-state index contributed by atoms with van der Waals surface area (Å²) in [5, 5.41) is 8.54. The lowest BCUT2D eigenvalue weighted by Crippen LogP contribution is -2.08. The van der Waals surface area contributed by atoms with E-state index in [0.717, 1.165) is 4.47 Å². The quantitative estimate of drug-likeness (QED) is 0.843. The van der Waals surface area contributed by atoms with Crippen molar-refractivity contribution in [3.05, 3.63) is 40.9 Å². The zero-order valence-electron chi connectivity index (χ0n) is 7.37. The highest BCUT2D eigenvalue weighted by molar-refractivity contribution is 9.10. The molecule has 0 spiro atoms. The van der Waals surface area contributed by atoms with Gasteiger partial charge in [-0.3, -0.25) is 0 Å². The molecule has 0 amide bonds. The number of hydrogen-bond donors (Lipinski definition) is 1. The smallest absolute Gasteiger partial charge is 0.334 e. The van der Waals surface area contributed by atoms with E-state index < -0.39 is 5.97 Å². The second-order valence-electron chi connectivity index (χ2n) is 2.63. The molecule has 0 atom stereocenters. The average Bonchev–Trinajstić information content (AvgIpc) is 2.16. The number of aliphatic carboxylic acids is 1. The molecule has 1 aromatic rings. The molecule has 1 N–H and O–H groups in total. The number of hydrogen-bond acceptors (Lipinski definition) is 2. The largest absolute Gasteiger partial charge is 0.487 e. The van der Waals surface area contributed by atoms with Gasteiger partial charge in [0.25, 0.3) is 0 Å². The van der Waals surface area contributed by atoms with E-state index in [9.17, 15) is 4.79 Å². The lowest BCUT2D eigenvalue weighted by atomic mass is 10.3. The fourth-order valence-corrected chi connectivity index (χ4v) is 1.19. The van der Waals surface area contributed by atoms with E-state index in [4.69, 9.17) is 9.84 Å². The van der Waals surface area contributed by atoms with Crippen LogP contribution in [0, 0.1) is 0 Å². The van der Waals surface area contributed by atoms with Gasteiger partial charge in [-0.05, 0) is 28.1 Å². The minimum absolute atomic E-state index is 0.0159. The maximum atomic E-state index is 10.4. The van der Waals surface area contributed by atoms with Crippen LogP contribution in [0.4, 0.5) is 0 Å². The summed E-state index contributed by atoms with van der Waals surface area (Å²) in [6.07, 6.45) is 0. The van der Waals surface area contributed by atoms with Crippen LogP contribution in [0.2, 0.25) is 0 Å². The van der Waals surface area contributed by atoms with Crippen molar-refractivity contribution < 1.29 is 14.6 Å². The van der Waals surface area contributed by atoms with Crippen molar-refractivity contribution in [3.63, 3.8) is 0 Å². The molecule has 0 aliphatic carbocycles. The highest BCUT2D eigenvalue weighted by Gasteiger charge is 2.05. The van der Waals surface area contributed by atoms with E-state index in [2.05, 4.69) is 22.5 Å². The van der Waals surface area contributed by atoms with Crippen LogP contribution in [0.15, 0.2) is 40.9 Å². The van der Waals surface area contributed by atoms with E-state index >= 15 is 0 Å². The van der Waals surface area contributed by atoms with Gasteiger partial charge in [-0.1, -0.05) is 18.7 Å². The number of rotatable bonds is 4. The van der Waals surface area contributed by atoms with Gasteiger partial charge in [-0.25, -0.2) is 4.79 Å². The monoisotopic (exact) mass is 256 g/mol. The first kappa shape index (κ1) is 10.8. The molecule has 4 heteroatoms. The van der Waals surface area contributed by atoms with Crippen molar-refractivity contribution >= 4 is 21.9 Å². The molecule has 0 heterocycles. The van der Waals surface area contributed by atoms with Gasteiger partial charge >= 0.3 is 5.97 Å². The van der Waals surface area contributed by atoms with Crippen LogP contribution in [0.3, 0.4) is 0 Å². The molecule has 0 saturated carbocycles. The Labute approximate surface area is 90.1 Å². The van der Waals surface area contributed by atoms with Crippen LogP contribution in [-0.2, 0) is 4.79 Å². The number of benzene rings is 1. The minimum Gasteiger partial charge on any atom is -0.487 e. The van der Waals surface area contributed by atoms with Crippen LogP contribution in [-0.4, -0.2) is 17.7 Å². The summed E-state index contributed by atoms with van der Waals surface area (Å²) in [7, 11) is 0. The fourth-order valence-electron chi connectivity index (χ4n) is 0.788. The minimum atomic E-state index is -1.04. The predicted molar refractivity (Wildman–Crippen MR) is 56.4 cm³/mol. The molecule has 14 heavy (non-hydrogen) atoms. The molecule has 3 nitrogen and oxygen atoms in total. The highest BCUT2D eigenvalue weighted by atomic mass is 79.9. The van der Waals surface area contributed by atoms with Crippen molar-refractivity contribution in [1.82, 2.24) is 0 Å². The Kier molecular flexibility index (Phi) is 3.71. The summed E-state index contributed by atoms with van der Waals surface area (Å²) in [6.45, 7) is 3.34. The highest BCUT2D eigenvalue weighted by Crippen LogP contribution is 2.23. The number of ether oxygens (including phenoxy) is 1. The molecule has 1 aromatic carbocycles. The Hall–Kier alpha value is -1.29. The Bertz CT molecular complexity index is 360. The first-order valence-corrected chi connectivity index (χ1v) is 4.69. The normalized spacial score (nSPS) is 9.50. The molecule has 0 aliphatic heterocycles. The average molecular weight is 257 g/mol. The molecule has 0 unspecified atom stereocenters. The number of carboxylic acids is 1. The summed E-state index contributed by atoms with van der Waals surface area (Å²) < 4.78 is 6.02. The summed E-state index contributed by atoms with van der Waals surface area (Å²) >= 11 is 3.28. The van der Waals surface area contributed by atoms with Gasteiger partial charge in [0, 0.05) is 0 Å². The molecule has 74 valence electrons. The second-order valence-corrected chi connectivity index (χ2v) is 3.48. The van der Waals surface area contributed by atoms with Crippen LogP contribution < -0.4 is 4.74 Å². The standard InChI is InChI=1S/C10H9BrO3/c1-7(10(12)13)6-14-9-5-3-2-4-8(9)11/h2-5H,1,6H2,(H,12,13). The van der Waals surface area contributed by atoms with Crippen molar-refractivity contribution in [2.75, 3.05) is 6.61 Å². The van der Waals surface area contributed by atoms with E-state index in [-0.39, 0.29) is 12.2 Å². The number of para-hydroxylation sites is 1. The maximum absolute atomic E-state index is 10.4. The second kappa shape index (κ2) is 4.81. The zero-order chi connectivity index (χ0) is 10.6. The SMILES string of the molecule is C=C(COc1ccccc1Br)C(=O)O. The molecule has 0 radical (unpaired) electrons. The Morgan fingerprint density at radius 3 is 2.71 bits per heavy atom. The lowest BCUT2D eigenvalue weighted by molar-refractivity contribution is -0.133. The van der Waals surface area contributed by atoms with Crippen molar-refractivity contribution in [2.24, 2.45) is 0 Å². The number of carbonyl (C=O) groups is 1. The third kappa shape index (κ3) is 2.88. The third-order valence-corrected chi connectivity index (χ3v) is 2.20. The first-order valence-electron chi connectivity index (χ1n) is 3.89. The van der Waals surface area contributed by atoms with Gasteiger partial charge in [-0.2, -0.15) is 0 Å². The molecule has 0 aromatic heterocycles. The van der Waals surface area contributed by atoms with Crippen molar-refractivity contribution in [3.8, 4) is 5.75 Å². The molecule has 0 aliphatic rings. The number of carboxylic acid groups (broad SMARTS) is 1. The van der Waals surface area contributed by atoms with Gasteiger partial charge in [0.15, 0.2) is 0 Å². The Morgan fingerprint density at radius 2 is 2.14 bits per heavy atom. The molecule has 0 fully saturated rings. The van der Waals surface area contributed by atoms with Gasteiger partial charge in [0.2, 0.25) is 0 Å². The van der Waals surface area contributed by atoms with E-state index in [1.807, 2.05) is 18.2 Å². The lowest BCUT2D eigenvalue weighted by Gasteiger charge is -2.06. The van der Waals surface area contributed by atoms with Crippen LogP contribution in [0.5, 0.6) is 5.75 Å². The van der Waals surface area contributed by atoms with Gasteiger partial charge in [0.1, 0.15) is 12.4 Å². The van der Waals surface area contributed by atoms with Crippen LogP contribution in [0.1, 0.15) is 0 Å². The Morgan fingerprint density at radius 1 is 1.50 bits per heavy atom. The topological polar surface area (TPSA) is 46.5 Å². The van der Waals surface area contributed by atoms with Gasteiger partial charge in [-0.15, -0.1) is 0 Å². The number of halogens is 1. The van der Waals surface area contributed by atoms with Crippen LogP contribution in [0.25, 0.3) is 0 Å². The van der Waals surface area contributed by atoms with Crippen molar-refractivity contribution in [1.29, 1.82) is 0 Å². The van der Waals surface area contributed by atoms with Gasteiger partial charge < -0.3 is 9.84 Å². The molecule has 0 saturated heterocycles. The maximum Gasteiger partial charge on any atom is 0.334 e. The molecule has 1 rings (SSSR count). The molecular formula is C10H9BrO3.